The molecular weight excluding hydrogens is 426 g/mol. The van der Waals surface area contributed by atoms with Gasteiger partial charge in [-0.3, -0.25) is 19.3 Å². The standard InChI is InChI=1S/C17H18BrNO6S/c1-4-24-12-7-11(18)5-10(15(12)21)6-13-16(22)19(17(23)26-13)8-14(20)25-9(2)3/h5-7,9,21H,4,8H2,1-3H3/b13-6+. The first-order valence-electron chi connectivity index (χ1n) is 7.83. The first-order chi connectivity index (χ1) is 12.2. The first-order valence-corrected chi connectivity index (χ1v) is 9.44. The van der Waals surface area contributed by atoms with E-state index in [2.05, 4.69) is 15.9 Å². The molecule has 1 heterocycles. The fourth-order valence-electron chi connectivity index (χ4n) is 2.18. The van der Waals surface area contributed by atoms with Gasteiger partial charge in [-0.2, -0.15) is 0 Å². The minimum Gasteiger partial charge on any atom is -0.504 e. The van der Waals surface area contributed by atoms with Crippen LogP contribution < -0.4 is 4.74 Å². The molecular formula is C17H18BrNO6S. The fourth-order valence-corrected chi connectivity index (χ4v) is 3.46. The van der Waals surface area contributed by atoms with Gasteiger partial charge in [0.1, 0.15) is 6.54 Å². The second-order valence-corrected chi connectivity index (χ2v) is 7.49. The SMILES string of the molecule is CCOc1cc(Br)cc(/C=C2/SC(=O)N(CC(=O)OC(C)C)C2=O)c1O. The van der Waals surface area contributed by atoms with E-state index >= 15 is 0 Å². The highest BCUT2D eigenvalue weighted by Gasteiger charge is 2.37. The number of hydrogen-bond acceptors (Lipinski definition) is 7. The number of ether oxygens (including phenoxy) is 2. The number of thioether (sulfide) groups is 1. The number of benzene rings is 1. The summed E-state index contributed by atoms with van der Waals surface area (Å²) in [4.78, 5) is 37.1. The Morgan fingerprint density at radius 3 is 2.69 bits per heavy atom. The first kappa shape index (κ1) is 20.3. The number of halogens is 1. The average Bonchev–Trinajstić information content (AvgIpc) is 2.79. The fraction of sp³-hybridized carbons (Fsp3) is 0.353. The average molecular weight is 444 g/mol. The lowest BCUT2D eigenvalue weighted by molar-refractivity contribution is -0.149. The highest BCUT2D eigenvalue weighted by molar-refractivity contribution is 9.10. The zero-order chi connectivity index (χ0) is 19.4. The van der Waals surface area contributed by atoms with Crippen LogP contribution >= 0.6 is 27.7 Å². The molecule has 1 saturated heterocycles. The van der Waals surface area contributed by atoms with Gasteiger partial charge in [-0.15, -0.1) is 0 Å². The molecule has 2 rings (SSSR count). The molecule has 1 fully saturated rings. The van der Waals surface area contributed by atoms with Gasteiger partial charge in [-0.05, 0) is 50.7 Å². The Morgan fingerprint density at radius 1 is 1.38 bits per heavy atom. The molecule has 2 amide bonds. The number of phenols is 1. The Bertz CT molecular complexity index is 777. The number of carbonyl (C=O) groups excluding carboxylic acids is 3. The molecule has 1 aromatic rings. The summed E-state index contributed by atoms with van der Waals surface area (Å²) in [5.41, 5.74) is 0.318. The van der Waals surface area contributed by atoms with E-state index in [1.54, 1.807) is 32.9 Å². The Morgan fingerprint density at radius 2 is 2.08 bits per heavy atom. The van der Waals surface area contributed by atoms with E-state index in [0.717, 1.165) is 4.90 Å². The molecule has 26 heavy (non-hydrogen) atoms. The molecule has 1 aromatic carbocycles. The number of amides is 2. The van der Waals surface area contributed by atoms with Crippen LogP contribution in [0.5, 0.6) is 11.5 Å². The van der Waals surface area contributed by atoms with Crippen LogP contribution in [0.4, 0.5) is 4.79 Å². The van der Waals surface area contributed by atoms with E-state index in [9.17, 15) is 19.5 Å². The van der Waals surface area contributed by atoms with Crippen molar-refractivity contribution in [3.8, 4) is 11.5 Å². The van der Waals surface area contributed by atoms with Crippen LogP contribution in [0, 0.1) is 0 Å². The second-order valence-electron chi connectivity index (χ2n) is 5.58. The molecule has 0 saturated carbocycles. The molecule has 0 aliphatic carbocycles. The van der Waals surface area contributed by atoms with Crippen LogP contribution in [0.15, 0.2) is 21.5 Å². The number of nitrogens with zero attached hydrogens (tertiary/aromatic N) is 1. The maximum Gasteiger partial charge on any atom is 0.326 e. The van der Waals surface area contributed by atoms with Gasteiger partial charge in [0.15, 0.2) is 11.5 Å². The molecule has 1 aliphatic heterocycles. The summed E-state index contributed by atoms with van der Waals surface area (Å²) in [6.45, 7) is 5.05. The highest BCUT2D eigenvalue weighted by Crippen LogP contribution is 2.38. The van der Waals surface area contributed by atoms with Crippen molar-refractivity contribution in [1.29, 1.82) is 0 Å². The predicted octanol–water partition coefficient (Wildman–Crippen LogP) is 3.54. The van der Waals surface area contributed by atoms with Crippen molar-refractivity contribution in [2.24, 2.45) is 0 Å². The molecule has 0 atom stereocenters. The van der Waals surface area contributed by atoms with Crippen LogP contribution in [0.3, 0.4) is 0 Å². The van der Waals surface area contributed by atoms with Crippen LogP contribution in [-0.2, 0) is 14.3 Å². The smallest absolute Gasteiger partial charge is 0.326 e. The van der Waals surface area contributed by atoms with Crippen molar-refractivity contribution >= 4 is 50.9 Å². The van der Waals surface area contributed by atoms with Crippen molar-refractivity contribution < 1.29 is 29.0 Å². The molecule has 7 nitrogen and oxygen atoms in total. The molecule has 0 bridgehead atoms. The van der Waals surface area contributed by atoms with E-state index in [4.69, 9.17) is 9.47 Å². The summed E-state index contributed by atoms with van der Waals surface area (Å²) >= 11 is 4.01. The number of rotatable bonds is 6. The molecule has 0 radical (unpaired) electrons. The van der Waals surface area contributed by atoms with E-state index < -0.39 is 23.7 Å². The highest BCUT2D eigenvalue weighted by atomic mass is 79.9. The van der Waals surface area contributed by atoms with Gasteiger partial charge in [0.25, 0.3) is 11.1 Å². The third-order valence-corrected chi connectivity index (χ3v) is 4.55. The molecule has 9 heteroatoms. The van der Waals surface area contributed by atoms with Crippen molar-refractivity contribution in [3.05, 3.63) is 27.1 Å². The predicted molar refractivity (Wildman–Crippen MR) is 101 cm³/mol. The van der Waals surface area contributed by atoms with E-state index in [1.165, 1.54) is 6.08 Å². The lowest BCUT2D eigenvalue weighted by atomic mass is 10.1. The van der Waals surface area contributed by atoms with Crippen molar-refractivity contribution in [1.82, 2.24) is 4.90 Å². The van der Waals surface area contributed by atoms with Crippen LogP contribution in [0.1, 0.15) is 26.3 Å². The molecule has 1 aliphatic rings. The quantitative estimate of drug-likeness (QED) is 0.530. The molecule has 0 aromatic heterocycles. The zero-order valence-corrected chi connectivity index (χ0v) is 16.8. The third kappa shape index (κ3) is 4.79. The van der Waals surface area contributed by atoms with Crippen LogP contribution in [0.2, 0.25) is 0 Å². The van der Waals surface area contributed by atoms with Crippen LogP contribution in [0.25, 0.3) is 6.08 Å². The molecule has 1 N–H and O–H groups in total. The normalized spacial score (nSPS) is 15.9. The third-order valence-electron chi connectivity index (χ3n) is 3.18. The summed E-state index contributed by atoms with van der Waals surface area (Å²) < 4.78 is 10.9. The number of imide groups is 1. The van der Waals surface area contributed by atoms with Crippen molar-refractivity contribution in [2.45, 2.75) is 26.9 Å². The summed E-state index contributed by atoms with van der Waals surface area (Å²) in [7, 11) is 0. The molecule has 0 unspecified atom stereocenters. The molecule has 0 spiro atoms. The number of phenolic OH excluding ortho intramolecular Hbond substituents is 1. The Balaban J connectivity index is 2.26. The maximum absolute atomic E-state index is 12.4. The topological polar surface area (TPSA) is 93.1 Å². The largest absolute Gasteiger partial charge is 0.504 e. The summed E-state index contributed by atoms with van der Waals surface area (Å²) in [6, 6.07) is 3.20. The van der Waals surface area contributed by atoms with Crippen molar-refractivity contribution in [3.63, 3.8) is 0 Å². The summed E-state index contributed by atoms with van der Waals surface area (Å²) in [5, 5.41) is 9.72. The van der Waals surface area contributed by atoms with Crippen molar-refractivity contribution in [2.75, 3.05) is 13.2 Å². The maximum atomic E-state index is 12.4. The zero-order valence-electron chi connectivity index (χ0n) is 14.4. The second kappa shape index (κ2) is 8.59. The minimum atomic E-state index is -0.660. The van der Waals surface area contributed by atoms with Gasteiger partial charge >= 0.3 is 5.97 Å². The van der Waals surface area contributed by atoms with Crippen LogP contribution in [-0.4, -0.2) is 46.4 Å². The Labute approximate surface area is 163 Å². The number of aromatic hydroxyl groups is 1. The van der Waals surface area contributed by atoms with Gasteiger partial charge in [0, 0.05) is 10.0 Å². The monoisotopic (exact) mass is 443 g/mol. The van der Waals surface area contributed by atoms with E-state index in [-0.39, 0.29) is 22.5 Å². The number of carbonyl (C=O) groups is 3. The van der Waals surface area contributed by atoms with Gasteiger partial charge in [-0.1, -0.05) is 15.9 Å². The number of hydrogen-bond donors (Lipinski definition) is 1. The molecule has 140 valence electrons. The minimum absolute atomic E-state index is 0.100. The Kier molecular flexibility index (Phi) is 6.71. The van der Waals surface area contributed by atoms with Gasteiger partial charge in [0.2, 0.25) is 0 Å². The van der Waals surface area contributed by atoms with E-state index in [1.807, 2.05) is 0 Å². The number of esters is 1. The summed E-state index contributed by atoms with van der Waals surface area (Å²) in [5.74, 6) is -1.15. The Hall–Kier alpha value is -2.00. The lowest BCUT2D eigenvalue weighted by Gasteiger charge is -2.13. The van der Waals surface area contributed by atoms with Gasteiger partial charge in [0.05, 0.1) is 17.6 Å². The lowest BCUT2D eigenvalue weighted by Crippen LogP contribution is -2.35. The van der Waals surface area contributed by atoms with Gasteiger partial charge < -0.3 is 14.6 Å². The van der Waals surface area contributed by atoms with Gasteiger partial charge in [-0.25, -0.2) is 0 Å². The van der Waals surface area contributed by atoms with E-state index in [0.29, 0.717) is 28.4 Å². The summed E-state index contributed by atoms with van der Waals surface area (Å²) in [6.07, 6.45) is 1.05.